The number of pyridine rings is 1. The van der Waals surface area contributed by atoms with Crippen LogP contribution in [-0.2, 0) is 4.74 Å². The van der Waals surface area contributed by atoms with Crippen molar-refractivity contribution >= 4 is 17.6 Å². The van der Waals surface area contributed by atoms with Crippen LogP contribution in [0.1, 0.15) is 34.9 Å². The summed E-state index contributed by atoms with van der Waals surface area (Å²) >= 11 is 0. The highest BCUT2D eigenvalue weighted by atomic mass is 19.3. The molecule has 1 aromatic heterocycles. The van der Waals surface area contributed by atoms with Crippen LogP contribution in [0.4, 0.5) is 14.5 Å². The van der Waals surface area contributed by atoms with E-state index < -0.39 is 18.4 Å². The summed E-state index contributed by atoms with van der Waals surface area (Å²) in [5, 5.41) is 0. The van der Waals surface area contributed by atoms with Gasteiger partial charge < -0.3 is 15.4 Å². The van der Waals surface area contributed by atoms with Gasteiger partial charge in [-0.1, -0.05) is 0 Å². The SMILES string of the molecule is COC(=O)c1cc2c(cn1)N=C(N)N1C2CCC1C(F)F. The molecule has 0 aliphatic carbocycles. The maximum absolute atomic E-state index is 13.1. The highest BCUT2D eigenvalue weighted by Crippen LogP contribution is 2.44. The fraction of sp³-hybridized carbons (Fsp3) is 0.462. The molecule has 1 saturated heterocycles. The van der Waals surface area contributed by atoms with Crippen LogP contribution in [0.2, 0.25) is 0 Å². The quantitative estimate of drug-likeness (QED) is 0.838. The summed E-state index contributed by atoms with van der Waals surface area (Å²) in [6.07, 6.45) is -0.217. The van der Waals surface area contributed by atoms with Gasteiger partial charge in [0.25, 0.3) is 6.43 Å². The molecule has 21 heavy (non-hydrogen) atoms. The summed E-state index contributed by atoms with van der Waals surface area (Å²) in [6, 6.07) is 0.298. The predicted octanol–water partition coefficient (Wildman–Crippen LogP) is 1.60. The summed E-state index contributed by atoms with van der Waals surface area (Å²) in [5.41, 5.74) is 7.14. The van der Waals surface area contributed by atoms with Gasteiger partial charge in [-0.05, 0) is 18.9 Å². The lowest BCUT2D eigenvalue weighted by molar-refractivity contribution is 0.0590. The number of nitrogens with two attached hydrogens (primary N) is 1. The van der Waals surface area contributed by atoms with Gasteiger partial charge in [-0.25, -0.2) is 23.6 Å². The first-order valence-corrected chi connectivity index (χ1v) is 6.52. The molecule has 112 valence electrons. The van der Waals surface area contributed by atoms with Crippen molar-refractivity contribution in [3.63, 3.8) is 0 Å². The van der Waals surface area contributed by atoms with Crippen LogP contribution in [-0.4, -0.2) is 41.4 Å². The number of alkyl halides is 2. The van der Waals surface area contributed by atoms with Crippen molar-refractivity contribution in [1.82, 2.24) is 9.88 Å². The summed E-state index contributed by atoms with van der Waals surface area (Å²) in [5.74, 6) is -0.502. The fourth-order valence-corrected chi connectivity index (χ4v) is 2.94. The highest BCUT2D eigenvalue weighted by molar-refractivity contribution is 5.89. The van der Waals surface area contributed by atoms with Crippen LogP contribution in [0.15, 0.2) is 17.3 Å². The number of aliphatic imine (C=N–C) groups is 1. The molecule has 0 amide bonds. The smallest absolute Gasteiger partial charge is 0.356 e. The second kappa shape index (κ2) is 4.94. The number of carbonyl (C=O) groups is 1. The molecule has 2 N–H and O–H groups in total. The fourth-order valence-electron chi connectivity index (χ4n) is 2.94. The summed E-state index contributed by atoms with van der Waals surface area (Å²) in [7, 11) is 1.26. The van der Waals surface area contributed by atoms with E-state index in [0.29, 0.717) is 24.1 Å². The van der Waals surface area contributed by atoms with E-state index in [1.54, 1.807) is 6.07 Å². The number of halogens is 2. The van der Waals surface area contributed by atoms with E-state index >= 15 is 0 Å². The Morgan fingerprint density at radius 1 is 1.52 bits per heavy atom. The van der Waals surface area contributed by atoms with Gasteiger partial charge in [-0.2, -0.15) is 0 Å². The van der Waals surface area contributed by atoms with E-state index in [9.17, 15) is 13.6 Å². The Hall–Kier alpha value is -2.25. The van der Waals surface area contributed by atoms with E-state index in [1.807, 2.05) is 0 Å². The van der Waals surface area contributed by atoms with Gasteiger partial charge in [0.15, 0.2) is 5.96 Å². The molecule has 0 saturated carbocycles. The van der Waals surface area contributed by atoms with Gasteiger partial charge in [0.1, 0.15) is 5.69 Å². The van der Waals surface area contributed by atoms with Crippen LogP contribution in [0, 0.1) is 0 Å². The molecule has 3 rings (SSSR count). The lowest BCUT2D eigenvalue weighted by atomic mass is 10.0. The number of esters is 1. The molecular weight excluding hydrogens is 282 g/mol. The molecule has 2 atom stereocenters. The number of carbonyl (C=O) groups excluding carboxylic acids is 1. The Bertz CT molecular complexity index is 620. The van der Waals surface area contributed by atoms with E-state index in [0.717, 1.165) is 0 Å². The van der Waals surface area contributed by atoms with Crippen LogP contribution in [0.5, 0.6) is 0 Å². The Kier molecular flexibility index (Phi) is 3.23. The standard InChI is InChI=1S/C13H14F2N4O2/c1-21-12(20)7-4-6-8(5-17-7)18-13(16)19-9(6)2-3-10(19)11(14)15/h4-5,9-11H,2-3H2,1H3,(H2,16,18). The molecular formula is C13H14F2N4O2. The molecule has 6 nitrogen and oxygen atoms in total. The first-order valence-electron chi connectivity index (χ1n) is 6.52. The minimum atomic E-state index is -2.49. The monoisotopic (exact) mass is 296 g/mol. The van der Waals surface area contributed by atoms with Gasteiger partial charge in [-0.3, -0.25) is 0 Å². The number of rotatable bonds is 2. The largest absolute Gasteiger partial charge is 0.464 e. The average molecular weight is 296 g/mol. The summed E-state index contributed by atoms with van der Waals surface area (Å²) in [6.45, 7) is 0. The van der Waals surface area contributed by atoms with Crippen molar-refractivity contribution in [3.8, 4) is 0 Å². The molecule has 1 fully saturated rings. The maximum atomic E-state index is 13.1. The Balaban J connectivity index is 2.04. The number of hydrogen-bond acceptors (Lipinski definition) is 6. The van der Waals surface area contributed by atoms with E-state index in [1.165, 1.54) is 18.2 Å². The van der Waals surface area contributed by atoms with Crippen molar-refractivity contribution in [2.45, 2.75) is 31.4 Å². The lowest BCUT2D eigenvalue weighted by Gasteiger charge is -2.34. The van der Waals surface area contributed by atoms with Gasteiger partial charge in [0.2, 0.25) is 0 Å². The molecule has 8 heteroatoms. The lowest BCUT2D eigenvalue weighted by Crippen LogP contribution is -2.46. The zero-order valence-corrected chi connectivity index (χ0v) is 11.3. The van der Waals surface area contributed by atoms with Crippen molar-refractivity contribution < 1.29 is 18.3 Å². The minimum Gasteiger partial charge on any atom is -0.464 e. The van der Waals surface area contributed by atoms with Crippen LogP contribution >= 0.6 is 0 Å². The van der Waals surface area contributed by atoms with Crippen molar-refractivity contribution in [2.75, 3.05) is 7.11 Å². The third-order valence-corrected chi connectivity index (χ3v) is 3.89. The summed E-state index contributed by atoms with van der Waals surface area (Å²) in [4.78, 5) is 21.1. The van der Waals surface area contributed by atoms with Gasteiger partial charge >= 0.3 is 5.97 Å². The molecule has 0 aromatic carbocycles. The average Bonchev–Trinajstić information content (AvgIpc) is 2.92. The Labute approximate surface area is 119 Å². The number of ether oxygens (including phenoxy) is 1. The van der Waals surface area contributed by atoms with Crippen LogP contribution < -0.4 is 5.73 Å². The van der Waals surface area contributed by atoms with Crippen LogP contribution in [0.3, 0.4) is 0 Å². The second-order valence-corrected chi connectivity index (χ2v) is 4.99. The van der Waals surface area contributed by atoms with Crippen molar-refractivity contribution in [3.05, 3.63) is 23.5 Å². The molecule has 0 bridgehead atoms. The highest BCUT2D eigenvalue weighted by Gasteiger charge is 2.43. The first-order chi connectivity index (χ1) is 10.0. The molecule has 2 aliphatic heterocycles. The normalized spacial score (nSPS) is 23.6. The molecule has 0 spiro atoms. The Morgan fingerprint density at radius 2 is 2.29 bits per heavy atom. The number of guanidine groups is 1. The first kappa shape index (κ1) is 13.7. The predicted molar refractivity (Wildman–Crippen MR) is 70.5 cm³/mol. The van der Waals surface area contributed by atoms with E-state index in [2.05, 4.69) is 14.7 Å². The molecule has 0 radical (unpaired) electrons. The summed E-state index contributed by atoms with van der Waals surface area (Å²) < 4.78 is 30.8. The maximum Gasteiger partial charge on any atom is 0.356 e. The van der Waals surface area contributed by atoms with Gasteiger partial charge in [0, 0.05) is 5.56 Å². The molecule has 1 aromatic rings. The van der Waals surface area contributed by atoms with Crippen molar-refractivity contribution in [1.29, 1.82) is 0 Å². The van der Waals surface area contributed by atoms with E-state index in [4.69, 9.17) is 5.73 Å². The molecule has 3 heterocycles. The van der Waals surface area contributed by atoms with Gasteiger partial charge in [0.05, 0.1) is 31.1 Å². The molecule has 2 aliphatic rings. The van der Waals surface area contributed by atoms with Crippen LogP contribution in [0.25, 0.3) is 0 Å². The number of hydrogen-bond donors (Lipinski definition) is 1. The number of methoxy groups -OCH3 is 1. The van der Waals surface area contributed by atoms with Crippen molar-refractivity contribution in [2.24, 2.45) is 10.7 Å². The Morgan fingerprint density at radius 3 is 2.95 bits per heavy atom. The molecule has 2 unspecified atom stereocenters. The second-order valence-electron chi connectivity index (χ2n) is 4.99. The third kappa shape index (κ3) is 2.10. The zero-order chi connectivity index (χ0) is 15.1. The number of nitrogens with zero attached hydrogens (tertiary/aromatic N) is 3. The number of fused-ring (bicyclic) bond motifs is 3. The van der Waals surface area contributed by atoms with Gasteiger partial charge in [-0.15, -0.1) is 0 Å². The topological polar surface area (TPSA) is 80.8 Å². The number of aromatic nitrogens is 1. The minimum absolute atomic E-state index is 0.0721. The zero-order valence-electron chi connectivity index (χ0n) is 11.3. The van der Waals surface area contributed by atoms with E-state index in [-0.39, 0.29) is 17.7 Å². The third-order valence-electron chi connectivity index (χ3n) is 3.89.